The van der Waals surface area contributed by atoms with E-state index in [0.29, 0.717) is 36.1 Å². The van der Waals surface area contributed by atoms with Gasteiger partial charge in [0.1, 0.15) is 44.5 Å². The number of hydrogen-bond acceptors (Lipinski definition) is 8. The van der Waals surface area contributed by atoms with Crippen LogP contribution in [0.2, 0.25) is 0 Å². The van der Waals surface area contributed by atoms with E-state index in [2.05, 4.69) is 13.8 Å². The molecule has 0 fully saturated rings. The first kappa shape index (κ1) is 41.7. The maximum atomic E-state index is 14.6. The highest BCUT2D eigenvalue weighted by atomic mass is 16.5. The molecular weight excluding hydrogens is 757 g/mol. The Labute approximate surface area is 349 Å². The van der Waals surface area contributed by atoms with Gasteiger partial charge in [0.25, 0.3) is 22.2 Å². The second kappa shape index (κ2) is 20.0. The summed E-state index contributed by atoms with van der Waals surface area (Å²) in [5, 5.41) is -0.737. The third kappa shape index (κ3) is 9.23. The minimum absolute atomic E-state index is 0.184. The minimum Gasteiger partial charge on any atom is -0.494 e. The second-order valence-electron chi connectivity index (χ2n) is 15.1. The zero-order chi connectivity index (χ0) is 41.8. The first-order valence-corrected chi connectivity index (χ1v) is 21.3. The van der Waals surface area contributed by atoms with Crippen molar-refractivity contribution in [3.8, 4) is 45.9 Å². The van der Waals surface area contributed by atoms with Gasteiger partial charge in [0.15, 0.2) is 11.5 Å². The van der Waals surface area contributed by atoms with Gasteiger partial charge in [0, 0.05) is 0 Å². The zero-order valence-electron chi connectivity index (χ0n) is 34.5. The molecule has 60 heavy (non-hydrogen) atoms. The van der Waals surface area contributed by atoms with Gasteiger partial charge in [-0.15, -0.1) is 0 Å². The second-order valence-corrected chi connectivity index (χ2v) is 15.1. The van der Waals surface area contributed by atoms with Gasteiger partial charge in [0.05, 0.1) is 24.6 Å². The Morgan fingerprint density at radius 2 is 0.667 bits per heavy atom. The number of ether oxygens (including phenoxy) is 4. The largest absolute Gasteiger partial charge is 0.494 e. The number of aromatic nitrogens is 2. The van der Waals surface area contributed by atoms with Gasteiger partial charge in [-0.2, -0.15) is 0 Å². The third-order valence-electron chi connectivity index (χ3n) is 10.7. The molecule has 0 bridgehead atoms. The molecule has 0 radical (unpaired) electrons. The number of benzene rings is 5. The van der Waals surface area contributed by atoms with Crippen LogP contribution in [0.25, 0.3) is 32.9 Å². The molecule has 7 aromatic rings. The SMILES string of the molecule is CCCCCCCCOc1ccc(Oc2c3c(=O)n(-c4ccccc4)c(=O)c3c(Oc3ccc(OCCCCCCCC)cc3)c3c(=O)n(-c4ccccc4)c(=O)c23)cc1. The van der Waals surface area contributed by atoms with E-state index in [9.17, 15) is 19.2 Å². The fourth-order valence-corrected chi connectivity index (χ4v) is 7.57. The molecule has 5 aromatic carbocycles. The van der Waals surface area contributed by atoms with Gasteiger partial charge in [-0.05, 0) is 85.6 Å². The number of rotatable bonds is 22. The van der Waals surface area contributed by atoms with Gasteiger partial charge < -0.3 is 18.9 Å². The first-order chi connectivity index (χ1) is 29.4. The van der Waals surface area contributed by atoms with E-state index in [-0.39, 0.29) is 44.5 Å². The summed E-state index contributed by atoms with van der Waals surface area (Å²) in [7, 11) is 0. The molecule has 0 unspecified atom stereocenters. The average Bonchev–Trinajstić information content (AvgIpc) is 3.70. The van der Waals surface area contributed by atoms with Gasteiger partial charge in [-0.3, -0.25) is 19.2 Å². The van der Waals surface area contributed by atoms with Gasteiger partial charge in [-0.1, -0.05) is 114 Å². The van der Waals surface area contributed by atoms with Crippen LogP contribution >= 0.6 is 0 Å². The van der Waals surface area contributed by atoms with E-state index in [0.717, 1.165) is 34.8 Å². The molecule has 0 aliphatic heterocycles. The molecule has 0 aliphatic carbocycles. The Kier molecular flexibility index (Phi) is 13.9. The molecule has 310 valence electrons. The molecule has 0 N–H and O–H groups in total. The van der Waals surface area contributed by atoms with Crippen LogP contribution in [0, 0.1) is 0 Å². The fourth-order valence-electron chi connectivity index (χ4n) is 7.57. The first-order valence-electron chi connectivity index (χ1n) is 21.3. The van der Waals surface area contributed by atoms with Crippen LogP contribution in [0.3, 0.4) is 0 Å². The quantitative estimate of drug-likeness (QED) is 0.0622. The molecule has 0 saturated heterocycles. The molecule has 10 nitrogen and oxygen atoms in total. The molecular formula is C50H52N2O8. The number of nitrogens with zero attached hydrogens (tertiary/aromatic N) is 2. The van der Waals surface area contributed by atoms with E-state index in [1.54, 1.807) is 109 Å². The minimum atomic E-state index is -0.723. The predicted octanol–water partition coefficient (Wildman–Crippen LogP) is 11.0. The van der Waals surface area contributed by atoms with Crippen LogP contribution in [0.15, 0.2) is 128 Å². The summed E-state index contributed by atoms with van der Waals surface area (Å²) in [4.78, 5) is 58.5. The Balaban J connectivity index is 1.31. The van der Waals surface area contributed by atoms with Crippen molar-refractivity contribution < 1.29 is 18.9 Å². The van der Waals surface area contributed by atoms with Crippen molar-refractivity contribution in [2.45, 2.75) is 90.9 Å². The van der Waals surface area contributed by atoms with E-state index in [1.807, 2.05) is 0 Å². The molecule has 0 aliphatic rings. The van der Waals surface area contributed by atoms with Crippen LogP contribution in [0.1, 0.15) is 90.9 Å². The van der Waals surface area contributed by atoms with Crippen molar-refractivity contribution in [1.29, 1.82) is 0 Å². The maximum Gasteiger partial charge on any atom is 0.270 e. The number of fused-ring (bicyclic) bond motifs is 2. The Morgan fingerprint density at radius 3 is 1.00 bits per heavy atom. The van der Waals surface area contributed by atoms with E-state index in [1.165, 1.54) is 51.4 Å². The van der Waals surface area contributed by atoms with E-state index < -0.39 is 22.2 Å². The standard InChI is InChI=1S/C50H52N2O8/c1-3-5-7-9-11-19-33-57-37-25-29-39(30-26-37)59-45-41-43(49(55)51(47(41)53)35-21-15-13-16-22-35)46(44-42(45)48(54)52(50(44)56)36-23-17-14-18-24-36)60-40-31-27-38(28-32-40)58-34-20-12-10-8-6-4-2/h13-18,21-32H,3-12,19-20,33-34H2,1-2H3. The van der Waals surface area contributed by atoms with Gasteiger partial charge in [-0.25, -0.2) is 9.13 Å². The van der Waals surface area contributed by atoms with Crippen molar-refractivity contribution in [2.75, 3.05) is 13.2 Å². The summed E-state index contributed by atoms with van der Waals surface area (Å²) in [5.41, 5.74) is -2.27. The van der Waals surface area contributed by atoms with Crippen LogP contribution in [-0.4, -0.2) is 22.3 Å². The third-order valence-corrected chi connectivity index (χ3v) is 10.7. The molecule has 2 aromatic heterocycles. The summed E-state index contributed by atoms with van der Waals surface area (Å²) in [6.45, 7) is 5.54. The number of para-hydroxylation sites is 2. The smallest absolute Gasteiger partial charge is 0.270 e. The number of hydrogen-bond donors (Lipinski definition) is 0. The maximum absolute atomic E-state index is 14.6. The van der Waals surface area contributed by atoms with Crippen LogP contribution < -0.4 is 41.2 Å². The average molecular weight is 809 g/mol. The van der Waals surface area contributed by atoms with Crippen LogP contribution in [0.5, 0.6) is 34.5 Å². The Morgan fingerprint density at radius 1 is 0.367 bits per heavy atom. The molecule has 2 heterocycles. The van der Waals surface area contributed by atoms with Crippen molar-refractivity contribution in [2.24, 2.45) is 0 Å². The summed E-state index contributed by atoms with van der Waals surface area (Å²) in [6.07, 6.45) is 13.7. The van der Waals surface area contributed by atoms with Crippen LogP contribution in [0.4, 0.5) is 0 Å². The highest BCUT2D eigenvalue weighted by molar-refractivity contribution is 6.11. The van der Waals surface area contributed by atoms with Crippen molar-refractivity contribution in [1.82, 2.24) is 9.13 Å². The predicted molar refractivity (Wildman–Crippen MR) is 238 cm³/mol. The number of unbranched alkanes of at least 4 members (excludes halogenated alkanes) is 10. The molecule has 0 spiro atoms. The highest BCUT2D eigenvalue weighted by Crippen LogP contribution is 2.42. The summed E-state index contributed by atoms with van der Waals surface area (Å²) >= 11 is 0. The molecule has 7 rings (SSSR count). The summed E-state index contributed by atoms with van der Waals surface area (Å²) in [5.74, 6) is 1.40. The van der Waals surface area contributed by atoms with Gasteiger partial charge in [0.2, 0.25) is 0 Å². The lowest BCUT2D eigenvalue weighted by Gasteiger charge is -2.13. The fraction of sp³-hybridized carbons (Fsp3) is 0.320. The topological polar surface area (TPSA) is 115 Å². The normalized spacial score (nSPS) is 11.4. The van der Waals surface area contributed by atoms with E-state index in [4.69, 9.17) is 18.9 Å². The lowest BCUT2D eigenvalue weighted by atomic mass is 10.1. The lowest BCUT2D eigenvalue weighted by molar-refractivity contribution is 0.304. The highest BCUT2D eigenvalue weighted by Gasteiger charge is 2.32. The zero-order valence-corrected chi connectivity index (χ0v) is 34.5. The van der Waals surface area contributed by atoms with Crippen molar-refractivity contribution in [3.63, 3.8) is 0 Å². The molecule has 0 amide bonds. The summed E-state index contributed by atoms with van der Waals surface area (Å²) in [6, 6.07) is 30.6. The lowest BCUT2D eigenvalue weighted by Crippen LogP contribution is -2.24. The molecule has 0 saturated carbocycles. The Bertz CT molecular complexity index is 2430. The van der Waals surface area contributed by atoms with Crippen molar-refractivity contribution >= 4 is 21.5 Å². The molecule has 0 atom stereocenters. The van der Waals surface area contributed by atoms with Gasteiger partial charge >= 0.3 is 0 Å². The molecule has 10 heteroatoms. The van der Waals surface area contributed by atoms with Crippen LogP contribution in [-0.2, 0) is 0 Å². The van der Waals surface area contributed by atoms with E-state index >= 15 is 0 Å². The monoisotopic (exact) mass is 808 g/mol. The summed E-state index contributed by atoms with van der Waals surface area (Å²) < 4.78 is 26.9. The van der Waals surface area contributed by atoms with Crippen molar-refractivity contribution in [3.05, 3.63) is 151 Å². The Hall–Kier alpha value is -6.42.